The van der Waals surface area contributed by atoms with Gasteiger partial charge in [0.1, 0.15) is 15.7 Å². The summed E-state index contributed by atoms with van der Waals surface area (Å²) in [4.78, 5) is 5.09. The van der Waals surface area contributed by atoms with Crippen molar-refractivity contribution in [3.05, 3.63) is 23.3 Å². The highest BCUT2D eigenvalue weighted by Crippen LogP contribution is 2.35. The predicted molar refractivity (Wildman–Crippen MR) is 177 cm³/mol. The van der Waals surface area contributed by atoms with Crippen molar-refractivity contribution in [3.63, 3.8) is 0 Å². The first-order chi connectivity index (χ1) is 16.8. The Morgan fingerprint density at radius 2 is 1.16 bits per heavy atom. The van der Waals surface area contributed by atoms with Gasteiger partial charge >= 0.3 is 0 Å². The van der Waals surface area contributed by atoms with E-state index in [1.807, 2.05) is 0 Å². The van der Waals surface area contributed by atoms with Crippen molar-refractivity contribution in [2.24, 2.45) is 10.8 Å². The molecule has 0 aromatic heterocycles. The fourth-order valence-electron chi connectivity index (χ4n) is 5.57. The summed E-state index contributed by atoms with van der Waals surface area (Å²) in [6, 6.07) is 0. The molecule has 216 valence electrons. The van der Waals surface area contributed by atoms with Gasteiger partial charge in [-0.15, -0.1) is 0 Å². The van der Waals surface area contributed by atoms with Gasteiger partial charge in [0.05, 0.1) is 0 Å². The SMILES string of the molecule is BC(C)(C)C/C=C(\C)CC(C)(C)CCCN(CCCN(C)C)CCCC(C)(C)C/C(C)=C/C(B)(C)CC. The molecular weight excluding hydrogens is 446 g/mol. The summed E-state index contributed by atoms with van der Waals surface area (Å²) in [7, 11) is 9.08. The molecule has 0 saturated carbocycles. The Balaban J connectivity index is 4.87. The summed E-state index contributed by atoms with van der Waals surface area (Å²) in [5, 5.41) is 0.701. The zero-order valence-electron chi connectivity index (χ0n) is 28.2. The molecule has 0 bridgehead atoms. The lowest BCUT2D eigenvalue weighted by Crippen LogP contribution is -2.31. The molecule has 0 aromatic rings. The fraction of sp³-hybridized carbons (Fsp3) is 0.879. The molecule has 0 amide bonds. The smallest absolute Gasteiger partial charge is 0.114 e. The highest BCUT2D eigenvalue weighted by molar-refractivity contribution is 6.16. The van der Waals surface area contributed by atoms with E-state index in [0.717, 1.165) is 0 Å². The average molecular weight is 515 g/mol. The molecule has 0 aromatic carbocycles. The van der Waals surface area contributed by atoms with E-state index < -0.39 is 0 Å². The Kier molecular flexibility index (Phi) is 16.4. The Labute approximate surface area is 237 Å². The Hall–Kier alpha value is -0.470. The van der Waals surface area contributed by atoms with Gasteiger partial charge in [-0.05, 0) is 122 Å². The lowest BCUT2D eigenvalue weighted by molar-refractivity contribution is 0.212. The third kappa shape index (κ3) is 21.1. The fourth-order valence-corrected chi connectivity index (χ4v) is 5.57. The van der Waals surface area contributed by atoms with Crippen molar-refractivity contribution in [1.29, 1.82) is 0 Å². The van der Waals surface area contributed by atoms with Gasteiger partial charge in [-0.3, -0.25) is 0 Å². The Bertz CT molecular complexity index is 681. The van der Waals surface area contributed by atoms with E-state index in [4.69, 9.17) is 0 Å². The number of rotatable bonds is 20. The molecule has 37 heavy (non-hydrogen) atoms. The largest absolute Gasteiger partial charge is 0.309 e. The van der Waals surface area contributed by atoms with Crippen LogP contribution in [0.5, 0.6) is 0 Å². The van der Waals surface area contributed by atoms with Gasteiger partial charge in [0, 0.05) is 0 Å². The van der Waals surface area contributed by atoms with Crippen LogP contribution in [0.2, 0.25) is 10.6 Å². The minimum Gasteiger partial charge on any atom is -0.309 e. The molecule has 0 N–H and O–H groups in total. The van der Waals surface area contributed by atoms with Gasteiger partial charge in [-0.1, -0.05) is 90.4 Å². The minimum absolute atomic E-state index is 0.318. The summed E-state index contributed by atoms with van der Waals surface area (Å²) >= 11 is 0. The molecule has 0 fully saturated rings. The molecular formula is C33H68B2N2. The second-order valence-corrected chi connectivity index (χ2v) is 16.0. The van der Waals surface area contributed by atoms with E-state index >= 15 is 0 Å². The van der Waals surface area contributed by atoms with Crippen molar-refractivity contribution >= 4 is 15.7 Å². The van der Waals surface area contributed by atoms with Gasteiger partial charge in [-0.2, -0.15) is 0 Å². The molecule has 2 nitrogen and oxygen atoms in total. The van der Waals surface area contributed by atoms with Crippen LogP contribution in [0.4, 0.5) is 0 Å². The molecule has 0 spiro atoms. The van der Waals surface area contributed by atoms with E-state index in [0.29, 0.717) is 21.5 Å². The zero-order valence-corrected chi connectivity index (χ0v) is 28.2. The molecule has 1 unspecified atom stereocenters. The molecule has 0 saturated heterocycles. The molecule has 0 heterocycles. The van der Waals surface area contributed by atoms with Gasteiger partial charge in [0.15, 0.2) is 0 Å². The molecule has 0 aliphatic heterocycles. The average Bonchev–Trinajstić information content (AvgIpc) is 2.69. The van der Waals surface area contributed by atoms with Crippen molar-refractivity contribution in [3.8, 4) is 0 Å². The standard InChI is InChI=1S/C33H68B2N2/c1-13-33(10,35)27-29(3)26-31(6,7)19-15-23-37(24-16-21-36(11)12)22-14-18-30(4,5)25-28(2)17-20-32(8,9)34/h17,27H,13-16,18-26,34-35H2,1-12H3/b28-17+,29-27+. The lowest BCUT2D eigenvalue weighted by atomic mass is 9.67. The van der Waals surface area contributed by atoms with Crippen LogP contribution in [0, 0.1) is 10.8 Å². The summed E-state index contributed by atoms with van der Waals surface area (Å²) in [5.41, 5.74) is 3.88. The van der Waals surface area contributed by atoms with E-state index in [1.54, 1.807) is 11.1 Å². The lowest BCUT2D eigenvalue weighted by Gasteiger charge is -2.30. The van der Waals surface area contributed by atoms with Crippen LogP contribution in [-0.4, -0.2) is 65.8 Å². The number of hydrogen-bond donors (Lipinski definition) is 0. The van der Waals surface area contributed by atoms with Gasteiger partial charge in [0.2, 0.25) is 0 Å². The maximum Gasteiger partial charge on any atom is 0.114 e. The molecule has 1 atom stereocenters. The van der Waals surface area contributed by atoms with Crippen LogP contribution in [0.3, 0.4) is 0 Å². The third-order valence-corrected chi connectivity index (χ3v) is 7.86. The zero-order chi connectivity index (χ0) is 28.9. The van der Waals surface area contributed by atoms with Crippen LogP contribution in [0.25, 0.3) is 0 Å². The predicted octanol–water partition coefficient (Wildman–Crippen LogP) is 7.97. The van der Waals surface area contributed by atoms with Crippen LogP contribution >= 0.6 is 0 Å². The number of allylic oxidation sites excluding steroid dienone is 4. The monoisotopic (exact) mass is 515 g/mol. The number of hydrogen-bond acceptors (Lipinski definition) is 2. The minimum atomic E-state index is 0.318. The number of nitrogens with zero attached hydrogens (tertiary/aromatic N) is 2. The maximum atomic E-state index is 2.76. The summed E-state index contributed by atoms with van der Waals surface area (Å²) < 4.78 is 0. The van der Waals surface area contributed by atoms with E-state index in [1.165, 1.54) is 84.0 Å². The first-order valence-electron chi connectivity index (χ1n) is 15.5. The van der Waals surface area contributed by atoms with Gasteiger partial charge in [-0.25, -0.2) is 0 Å². The first kappa shape index (κ1) is 36.5. The summed E-state index contributed by atoms with van der Waals surface area (Å²) in [5.74, 6) is 0. The van der Waals surface area contributed by atoms with Crippen LogP contribution in [-0.2, 0) is 0 Å². The van der Waals surface area contributed by atoms with Crippen molar-refractivity contribution in [2.75, 3.05) is 40.3 Å². The molecule has 0 rings (SSSR count). The molecule has 0 aliphatic carbocycles. The van der Waals surface area contributed by atoms with Crippen LogP contribution in [0.1, 0.15) is 127 Å². The third-order valence-electron chi connectivity index (χ3n) is 7.86. The van der Waals surface area contributed by atoms with E-state index in [2.05, 4.69) is 121 Å². The highest BCUT2D eigenvalue weighted by atomic mass is 15.1. The topological polar surface area (TPSA) is 6.48 Å². The second kappa shape index (κ2) is 16.6. The molecule has 4 heteroatoms. The van der Waals surface area contributed by atoms with Crippen molar-refractivity contribution in [1.82, 2.24) is 9.80 Å². The van der Waals surface area contributed by atoms with Gasteiger partial charge in [0.25, 0.3) is 0 Å². The van der Waals surface area contributed by atoms with E-state index in [-0.39, 0.29) is 0 Å². The quantitative estimate of drug-likeness (QED) is 0.120. The second-order valence-electron chi connectivity index (χ2n) is 16.0. The van der Waals surface area contributed by atoms with Crippen molar-refractivity contribution < 1.29 is 0 Å². The Morgan fingerprint density at radius 1 is 0.703 bits per heavy atom. The molecule has 0 aliphatic rings. The summed E-state index contributed by atoms with van der Waals surface area (Å²) in [6.45, 7) is 28.8. The summed E-state index contributed by atoms with van der Waals surface area (Å²) in [6.07, 6.45) is 16.3. The first-order valence-corrected chi connectivity index (χ1v) is 15.5. The van der Waals surface area contributed by atoms with Gasteiger partial charge < -0.3 is 9.80 Å². The van der Waals surface area contributed by atoms with Crippen molar-refractivity contribution in [2.45, 2.75) is 138 Å². The molecule has 0 radical (unpaired) electrons. The van der Waals surface area contributed by atoms with E-state index in [9.17, 15) is 0 Å². The highest BCUT2D eigenvalue weighted by Gasteiger charge is 2.22. The van der Waals surface area contributed by atoms with Crippen LogP contribution < -0.4 is 0 Å². The maximum absolute atomic E-state index is 2.76. The normalized spacial score (nSPS) is 16.1. The van der Waals surface area contributed by atoms with Crippen LogP contribution in [0.15, 0.2) is 23.3 Å². The Morgan fingerprint density at radius 3 is 1.59 bits per heavy atom.